The Kier molecular flexibility index (Phi) is 4.14. The molecule has 1 spiro atoms. The van der Waals surface area contributed by atoms with E-state index in [-0.39, 0.29) is 18.4 Å². The van der Waals surface area contributed by atoms with Gasteiger partial charge in [0.25, 0.3) is 5.91 Å². The van der Waals surface area contributed by atoms with E-state index in [1.54, 1.807) is 0 Å². The smallest absolute Gasteiger partial charge is 0.323 e. The van der Waals surface area contributed by atoms with Crippen LogP contribution in [0.3, 0.4) is 0 Å². The fourth-order valence-electron chi connectivity index (χ4n) is 3.87. The zero-order valence-electron chi connectivity index (χ0n) is 14.4. The first kappa shape index (κ1) is 17.0. The van der Waals surface area contributed by atoms with Crippen molar-refractivity contribution < 1.29 is 14.4 Å². The van der Waals surface area contributed by atoms with Gasteiger partial charge in [-0.25, -0.2) is 9.78 Å². The summed E-state index contributed by atoms with van der Waals surface area (Å²) in [5, 5.41) is 6.01. The van der Waals surface area contributed by atoms with Crippen LogP contribution in [0.1, 0.15) is 32.6 Å². The normalized spacial score (nSPS) is 25.7. The van der Waals surface area contributed by atoms with Crippen molar-refractivity contribution >= 4 is 44.5 Å². The minimum Gasteiger partial charge on any atom is -0.323 e. The van der Waals surface area contributed by atoms with Crippen molar-refractivity contribution in [1.29, 1.82) is 0 Å². The van der Waals surface area contributed by atoms with E-state index in [2.05, 4.69) is 15.6 Å². The average molecular weight is 372 g/mol. The summed E-state index contributed by atoms with van der Waals surface area (Å²) in [5.74, 6) is -0.632. The van der Waals surface area contributed by atoms with E-state index < -0.39 is 17.5 Å². The topological polar surface area (TPSA) is 91.4 Å². The molecule has 2 aromatic rings. The van der Waals surface area contributed by atoms with Crippen molar-refractivity contribution in [3.8, 4) is 0 Å². The number of anilines is 1. The van der Waals surface area contributed by atoms with Gasteiger partial charge in [0.1, 0.15) is 12.1 Å². The molecule has 26 heavy (non-hydrogen) atoms. The molecule has 1 saturated heterocycles. The van der Waals surface area contributed by atoms with Crippen LogP contribution in [0.25, 0.3) is 10.2 Å². The van der Waals surface area contributed by atoms with Crippen LogP contribution >= 0.6 is 11.3 Å². The number of carbonyl (C=O) groups excluding carboxylic acids is 3. The molecular formula is C18H20N4O3S. The molecule has 1 saturated carbocycles. The SMILES string of the molecule is C[C@@H]1CCCC[C@@]12NC(=O)N(CC(=O)Nc1nc3ccccc3s1)C2=O. The highest BCUT2D eigenvalue weighted by Crippen LogP contribution is 2.38. The molecule has 2 fully saturated rings. The molecule has 2 N–H and O–H groups in total. The molecule has 2 heterocycles. The molecular weight excluding hydrogens is 352 g/mol. The number of urea groups is 1. The number of amides is 4. The van der Waals surface area contributed by atoms with Crippen molar-refractivity contribution in [3.63, 3.8) is 0 Å². The molecule has 4 amide bonds. The summed E-state index contributed by atoms with van der Waals surface area (Å²) in [7, 11) is 0. The molecule has 0 unspecified atom stereocenters. The van der Waals surface area contributed by atoms with Crippen LogP contribution in [0.2, 0.25) is 0 Å². The molecule has 1 aromatic heterocycles. The number of carbonyl (C=O) groups is 3. The van der Waals surface area contributed by atoms with Gasteiger partial charge in [0, 0.05) is 0 Å². The van der Waals surface area contributed by atoms with Crippen LogP contribution in [-0.2, 0) is 9.59 Å². The Bertz CT molecular complexity index is 862. The van der Waals surface area contributed by atoms with Crippen molar-refractivity contribution in [3.05, 3.63) is 24.3 Å². The number of hydrogen-bond donors (Lipinski definition) is 2. The van der Waals surface area contributed by atoms with E-state index in [0.717, 1.165) is 34.4 Å². The third-order valence-electron chi connectivity index (χ3n) is 5.34. The summed E-state index contributed by atoms with van der Waals surface area (Å²) in [4.78, 5) is 43.0. The van der Waals surface area contributed by atoms with Crippen LogP contribution in [0.15, 0.2) is 24.3 Å². The molecule has 1 aromatic carbocycles. The summed E-state index contributed by atoms with van der Waals surface area (Å²) in [5.41, 5.74) is -0.0383. The number of nitrogens with zero attached hydrogens (tertiary/aromatic N) is 2. The Morgan fingerprint density at radius 3 is 2.96 bits per heavy atom. The summed E-state index contributed by atoms with van der Waals surface area (Å²) < 4.78 is 0.966. The molecule has 7 nitrogen and oxygen atoms in total. The molecule has 2 atom stereocenters. The Morgan fingerprint density at radius 2 is 2.19 bits per heavy atom. The van der Waals surface area contributed by atoms with Gasteiger partial charge in [-0.3, -0.25) is 14.5 Å². The van der Waals surface area contributed by atoms with E-state index >= 15 is 0 Å². The number of imide groups is 1. The maximum Gasteiger partial charge on any atom is 0.325 e. The fraction of sp³-hybridized carbons (Fsp3) is 0.444. The third-order valence-corrected chi connectivity index (χ3v) is 6.30. The van der Waals surface area contributed by atoms with E-state index in [1.807, 2.05) is 31.2 Å². The minimum absolute atomic E-state index is 0.0741. The van der Waals surface area contributed by atoms with Gasteiger partial charge < -0.3 is 10.6 Å². The largest absolute Gasteiger partial charge is 0.325 e. The molecule has 1 aliphatic carbocycles. The van der Waals surface area contributed by atoms with Gasteiger partial charge in [-0.05, 0) is 30.9 Å². The van der Waals surface area contributed by atoms with Gasteiger partial charge in [-0.1, -0.05) is 43.2 Å². The van der Waals surface area contributed by atoms with Crippen LogP contribution in [-0.4, -0.2) is 39.8 Å². The van der Waals surface area contributed by atoms with Gasteiger partial charge in [-0.15, -0.1) is 0 Å². The first-order valence-electron chi connectivity index (χ1n) is 8.79. The second-order valence-corrected chi connectivity index (χ2v) is 8.01. The van der Waals surface area contributed by atoms with E-state index in [4.69, 9.17) is 0 Å². The Hall–Kier alpha value is -2.48. The lowest BCUT2D eigenvalue weighted by molar-refractivity contribution is -0.136. The number of rotatable bonds is 3. The fourth-order valence-corrected chi connectivity index (χ4v) is 4.75. The number of thiazole rings is 1. The lowest BCUT2D eigenvalue weighted by Gasteiger charge is -2.36. The number of hydrogen-bond acceptors (Lipinski definition) is 5. The number of nitrogens with one attached hydrogen (secondary N) is 2. The van der Waals surface area contributed by atoms with Crippen LogP contribution in [0.5, 0.6) is 0 Å². The zero-order valence-corrected chi connectivity index (χ0v) is 15.3. The molecule has 1 aliphatic heterocycles. The third kappa shape index (κ3) is 2.74. The average Bonchev–Trinajstić information content (AvgIpc) is 3.12. The summed E-state index contributed by atoms with van der Waals surface area (Å²) in [6.45, 7) is 1.69. The Labute approximate surface area is 154 Å². The zero-order chi connectivity index (χ0) is 18.3. The Morgan fingerprint density at radius 1 is 1.38 bits per heavy atom. The van der Waals surface area contributed by atoms with Crippen LogP contribution in [0.4, 0.5) is 9.93 Å². The van der Waals surface area contributed by atoms with Gasteiger partial charge in [0.05, 0.1) is 10.2 Å². The van der Waals surface area contributed by atoms with E-state index in [1.165, 1.54) is 11.3 Å². The van der Waals surface area contributed by atoms with E-state index in [9.17, 15) is 14.4 Å². The number of para-hydroxylation sites is 1. The summed E-state index contributed by atoms with van der Waals surface area (Å²) in [6.07, 6.45) is 3.50. The minimum atomic E-state index is -0.842. The number of aromatic nitrogens is 1. The molecule has 2 aliphatic rings. The van der Waals surface area contributed by atoms with Gasteiger partial charge >= 0.3 is 6.03 Å². The van der Waals surface area contributed by atoms with Crippen molar-refractivity contribution in [2.24, 2.45) is 5.92 Å². The van der Waals surface area contributed by atoms with Gasteiger partial charge in [0.15, 0.2) is 5.13 Å². The van der Waals surface area contributed by atoms with Gasteiger partial charge in [-0.2, -0.15) is 0 Å². The molecule has 0 radical (unpaired) electrons. The van der Waals surface area contributed by atoms with Crippen LogP contribution < -0.4 is 10.6 Å². The predicted molar refractivity (Wildman–Crippen MR) is 98.9 cm³/mol. The highest BCUT2D eigenvalue weighted by Gasteiger charge is 2.55. The quantitative estimate of drug-likeness (QED) is 0.811. The monoisotopic (exact) mass is 372 g/mol. The molecule has 8 heteroatoms. The predicted octanol–water partition coefficient (Wildman–Crippen LogP) is 2.74. The van der Waals surface area contributed by atoms with E-state index in [0.29, 0.717) is 11.6 Å². The number of benzene rings is 1. The first-order chi connectivity index (χ1) is 12.5. The second kappa shape index (κ2) is 6.35. The van der Waals surface area contributed by atoms with Crippen LogP contribution in [0, 0.1) is 5.92 Å². The van der Waals surface area contributed by atoms with Crippen molar-refractivity contribution in [2.75, 3.05) is 11.9 Å². The Balaban J connectivity index is 1.47. The summed E-state index contributed by atoms with van der Waals surface area (Å²) >= 11 is 1.36. The van der Waals surface area contributed by atoms with Crippen molar-refractivity contribution in [2.45, 2.75) is 38.1 Å². The highest BCUT2D eigenvalue weighted by molar-refractivity contribution is 7.22. The van der Waals surface area contributed by atoms with Crippen molar-refractivity contribution in [1.82, 2.24) is 15.2 Å². The maximum absolute atomic E-state index is 12.9. The molecule has 0 bridgehead atoms. The molecule has 4 rings (SSSR count). The standard InChI is InChI=1S/C18H20N4O3S/c1-11-6-4-5-9-18(11)15(24)22(17(25)21-18)10-14(23)20-16-19-12-7-2-3-8-13(12)26-16/h2-3,7-8,11H,4-6,9-10H2,1H3,(H,21,25)(H,19,20,23)/t11-,18-/m1/s1. The first-order valence-corrected chi connectivity index (χ1v) is 9.61. The lowest BCUT2D eigenvalue weighted by Crippen LogP contribution is -2.54. The van der Waals surface area contributed by atoms with Gasteiger partial charge in [0.2, 0.25) is 5.91 Å². The highest BCUT2D eigenvalue weighted by atomic mass is 32.1. The number of fused-ring (bicyclic) bond motifs is 1. The summed E-state index contributed by atoms with van der Waals surface area (Å²) in [6, 6.07) is 7.10. The lowest BCUT2D eigenvalue weighted by atomic mass is 9.73. The maximum atomic E-state index is 12.9. The second-order valence-electron chi connectivity index (χ2n) is 6.97. The molecule has 136 valence electrons.